The third-order valence-electron chi connectivity index (χ3n) is 15.5. The average Bonchev–Trinajstić information content (AvgIpc) is 4.04. The lowest BCUT2D eigenvalue weighted by molar-refractivity contribution is -0.396. The van der Waals surface area contributed by atoms with Crippen molar-refractivity contribution in [2.24, 2.45) is 0 Å². The molecule has 22 heterocycles. The van der Waals surface area contributed by atoms with Gasteiger partial charge in [-0.2, -0.15) is 0 Å². The van der Waals surface area contributed by atoms with Crippen LogP contribution in [0.5, 0.6) is 0 Å². The van der Waals surface area contributed by atoms with Crippen LogP contribution in [0.4, 0.5) is 0 Å². The monoisotopic (exact) mass is 1210 g/mol. The van der Waals surface area contributed by atoms with Crippen molar-refractivity contribution in [1.29, 1.82) is 0 Å². The third-order valence-corrected chi connectivity index (χ3v) is 18.6. The van der Waals surface area contributed by atoms with E-state index in [-0.39, 0.29) is 0 Å². The van der Waals surface area contributed by atoms with Crippen LogP contribution in [0.2, 0.25) is 0 Å². The second-order valence-corrected chi connectivity index (χ2v) is 23.3. The van der Waals surface area contributed by atoms with E-state index >= 15 is 0 Å². The fraction of sp³-hybridized carbons (Fsp3) is 1.00. The zero-order valence-electron chi connectivity index (χ0n) is 41.9. The minimum atomic E-state index is -2.20. The van der Waals surface area contributed by atoms with Crippen molar-refractivity contribution in [2.75, 3.05) is 51.1 Å². The van der Waals surface area contributed by atoms with Gasteiger partial charge in [-0.25, -0.2) is 0 Å². The summed E-state index contributed by atoms with van der Waals surface area (Å²) in [7, 11) is 0. The first-order chi connectivity index (χ1) is 38.2. The van der Waals surface area contributed by atoms with Crippen LogP contribution in [-0.4, -0.2) is 373 Å². The lowest BCUT2D eigenvalue weighted by Gasteiger charge is -2.50. The number of ether oxygens (including phenoxy) is 14. The normalized spacial score (nSPS) is 55.0. The van der Waals surface area contributed by atoms with Crippen LogP contribution in [0.3, 0.4) is 0 Å². The van der Waals surface area contributed by atoms with Gasteiger partial charge >= 0.3 is 0 Å². The van der Waals surface area contributed by atoms with Gasteiger partial charge in [-0.1, -0.05) is 0 Å². The SMILES string of the molecule is OC[C@H]1O[C@@H]2O[C@H]3[C@H](O)[C@@H](O)[C@@H](O[C@H]4[C@H](O)[C@@H](O)[C@@H](O[C@H]5[C@H](O)[C@@H](O)[C@@H](O[C@H]6[C@H](O)[C@@H](O)[C@@H](O[C@H]7[C@H](O)[C@@H](O)[C@@H](O[C@H]8[C@H](O)[C@@H](O)[C@@H](O[C@H]1[C@H](O)[C@H]2O)O[C@@H]8C1SCCS1)O[C@@H]7CO)O[C@@H]6CO)O[C@@H]5CO)O[C@@H]4CO)O[C@@H]3CO. The van der Waals surface area contributed by atoms with E-state index in [1.807, 2.05) is 0 Å². The number of thioether (sulfide) groups is 2. The van der Waals surface area contributed by atoms with Gasteiger partial charge in [0.1, 0.15) is 171 Å². The summed E-state index contributed by atoms with van der Waals surface area (Å²) in [6, 6.07) is 0. The van der Waals surface area contributed by atoms with Gasteiger partial charge < -0.3 is 168 Å². The molecule has 34 nitrogen and oxygen atoms in total. The molecular weight excluding hydrogens is 1140 g/mol. The number of aliphatic hydroxyl groups excluding tert-OH is 20. The molecule has 0 unspecified atom stereocenters. The molecule has 0 amide bonds. The molecule has 0 radical (unpaired) electrons. The molecule has 0 spiro atoms. The summed E-state index contributed by atoms with van der Waals surface area (Å²) in [5.74, 6) is 1.11. The van der Waals surface area contributed by atoms with Crippen molar-refractivity contribution >= 4 is 23.5 Å². The Kier molecular flexibility index (Phi) is 21.7. The molecule has 22 fully saturated rings. The van der Waals surface area contributed by atoms with E-state index in [4.69, 9.17) is 66.3 Å². The largest absolute Gasteiger partial charge is 0.394 e. The van der Waals surface area contributed by atoms with E-state index in [9.17, 15) is 102 Å². The van der Waals surface area contributed by atoms with Crippen LogP contribution in [-0.2, 0) is 66.3 Å². The van der Waals surface area contributed by atoms with Crippen molar-refractivity contribution in [2.45, 2.75) is 220 Å². The molecule has 22 aliphatic rings. The zero-order chi connectivity index (χ0) is 57.8. The smallest absolute Gasteiger partial charge is 0.187 e. The Morgan fingerprint density at radius 2 is 0.375 bits per heavy atom. The van der Waals surface area contributed by atoms with E-state index in [1.165, 1.54) is 23.5 Å². The topological polar surface area (TPSA) is 534 Å². The zero-order valence-corrected chi connectivity index (χ0v) is 43.6. The first-order valence-corrected chi connectivity index (χ1v) is 27.9. The van der Waals surface area contributed by atoms with E-state index in [1.54, 1.807) is 0 Å². The van der Waals surface area contributed by atoms with Gasteiger partial charge in [-0.05, 0) is 0 Å². The highest BCUT2D eigenvalue weighted by atomic mass is 32.2. The lowest BCUT2D eigenvalue weighted by atomic mass is 9.95. The molecule has 36 heteroatoms. The second-order valence-electron chi connectivity index (χ2n) is 20.5. The van der Waals surface area contributed by atoms with Gasteiger partial charge in [0.25, 0.3) is 0 Å². The number of rotatable bonds is 7. The van der Waals surface area contributed by atoms with Gasteiger partial charge in [0.05, 0.1) is 44.2 Å². The van der Waals surface area contributed by atoms with E-state index in [0.29, 0.717) is 11.5 Å². The van der Waals surface area contributed by atoms with Crippen molar-refractivity contribution in [1.82, 2.24) is 0 Å². The lowest BCUT2D eigenvalue weighted by Crippen LogP contribution is -2.68. The van der Waals surface area contributed by atoms with Gasteiger partial charge in [0.2, 0.25) is 0 Å². The summed E-state index contributed by atoms with van der Waals surface area (Å²) in [5.41, 5.74) is 0. The fourth-order valence-corrected chi connectivity index (χ4v) is 14.0. The molecule has 22 saturated heterocycles. The summed E-state index contributed by atoms with van der Waals surface area (Å²) < 4.78 is 80.7. The number of aliphatic hydroxyl groups is 20. The van der Waals surface area contributed by atoms with Crippen molar-refractivity contribution in [3.05, 3.63) is 0 Å². The molecule has 0 aromatic heterocycles. The van der Waals surface area contributed by atoms with Crippen LogP contribution in [0.1, 0.15) is 0 Å². The predicted octanol–water partition coefficient (Wildman–Crippen LogP) is -13.4. The van der Waals surface area contributed by atoms with Crippen LogP contribution in [0, 0.1) is 0 Å². The summed E-state index contributed by atoms with van der Waals surface area (Å²) in [6.07, 6.45) is -68.3. The van der Waals surface area contributed by atoms with Gasteiger partial charge in [0.15, 0.2) is 44.0 Å². The van der Waals surface area contributed by atoms with Crippen molar-refractivity contribution in [3.8, 4) is 0 Å². The third kappa shape index (κ3) is 12.4. The van der Waals surface area contributed by atoms with Gasteiger partial charge in [-0.3, -0.25) is 0 Å². The quantitative estimate of drug-likeness (QED) is 0.113. The van der Waals surface area contributed by atoms with Crippen LogP contribution in [0.25, 0.3) is 0 Å². The summed E-state index contributed by atoms with van der Waals surface area (Å²) in [6.45, 7) is -6.12. The Bertz CT molecular complexity index is 1930. The minimum Gasteiger partial charge on any atom is -0.394 e. The molecule has 0 saturated carbocycles. The molecular formula is C44H72O34S2. The maximum absolute atomic E-state index is 11.7. The molecule has 464 valence electrons. The van der Waals surface area contributed by atoms with E-state index < -0.39 is 259 Å². The highest BCUT2D eigenvalue weighted by molar-refractivity contribution is 8.20. The molecule has 80 heavy (non-hydrogen) atoms. The fourth-order valence-electron chi connectivity index (χ4n) is 11.0. The Morgan fingerprint density at radius 3 is 0.575 bits per heavy atom. The molecule has 35 atom stereocenters. The van der Waals surface area contributed by atoms with Gasteiger partial charge in [0, 0.05) is 11.5 Å². The highest BCUT2D eigenvalue weighted by Gasteiger charge is 2.60. The maximum atomic E-state index is 11.7. The highest BCUT2D eigenvalue weighted by Crippen LogP contribution is 2.44. The maximum Gasteiger partial charge on any atom is 0.187 e. The molecule has 14 bridgehead atoms. The Morgan fingerprint density at radius 1 is 0.212 bits per heavy atom. The molecule has 22 aliphatic heterocycles. The first kappa shape index (κ1) is 63.8. The molecule has 0 aromatic carbocycles. The Labute approximate surface area is 461 Å². The van der Waals surface area contributed by atoms with Crippen LogP contribution >= 0.6 is 23.5 Å². The Hall–Kier alpha value is -0.660. The molecule has 22 rings (SSSR count). The second kappa shape index (κ2) is 27.2. The standard InChI is InChI=1S/C44H72O34S2/c45-3-9-29-16(52)23(59)38(66-9)73-31-11(5-47)68-40(25(61)18(31)54)75-33-13(7-49)70-42(27(63)20(33)56)77-35-21(57)28(64)43(78-36(35)44-79-1-2-80-44)76-34-14(8-50)69-41(26(62)19(34)55)74-32-12(6-48)67-39(24(60)17(32)53)72-30-10(4-46)65-37(71-29)22(58)15(30)51/h9-64H,1-8H2/t9-,10-,11-,12-,13-,14-,15-,16-,17-,18-,19-,20-,21-,22-,23-,24-,25-,26-,27-,28-,29-,30-,31-,32-,33-,34-,35+,36+,37-,38-,39-,40-,41-,42-,43+/m1/s1. The minimum absolute atomic E-state index is 0.553. The van der Waals surface area contributed by atoms with Crippen molar-refractivity contribution in [3.63, 3.8) is 0 Å². The van der Waals surface area contributed by atoms with Crippen molar-refractivity contribution < 1.29 is 168 Å². The summed E-state index contributed by atoms with van der Waals surface area (Å²) in [4.78, 5) is 0. The Balaban J connectivity index is 1.01. The first-order valence-electron chi connectivity index (χ1n) is 25.8. The van der Waals surface area contributed by atoms with Crippen LogP contribution in [0.15, 0.2) is 0 Å². The number of hydrogen-bond acceptors (Lipinski definition) is 36. The van der Waals surface area contributed by atoms with Crippen LogP contribution < -0.4 is 0 Å². The summed E-state index contributed by atoms with van der Waals surface area (Å²) >= 11 is 2.65. The molecule has 0 aromatic rings. The van der Waals surface area contributed by atoms with E-state index in [2.05, 4.69) is 0 Å². The molecule has 0 aliphatic carbocycles. The number of hydrogen-bond donors (Lipinski definition) is 20. The summed E-state index contributed by atoms with van der Waals surface area (Å²) in [5, 5.41) is 223. The molecule has 20 N–H and O–H groups in total. The average molecular weight is 1210 g/mol. The van der Waals surface area contributed by atoms with Gasteiger partial charge in [-0.15, -0.1) is 23.5 Å². The van der Waals surface area contributed by atoms with E-state index in [0.717, 1.165) is 0 Å². The predicted molar refractivity (Wildman–Crippen MR) is 250 cm³/mol.